The Bertz CT molecular complexity index is 832. The molecule has 158 valence electrons. The van der Waals surface area contributed by atoms with Crippen molar-refractivity contribution in [2.24, 2.45) is 0 Å². The van der Waals surface area contributed by atoms with E-state index in [0.29, 0.717) is 18.8 Å². The molecule has 0 saturated carbocycles. The molecule has 0 fully saturated rings. The van der Waals surface area contributed by atoms with Crippen molar-refractivity contribution in [2.75, 3.05) is 18.4 Å². The van der Waals surface area contributed by atoms with Crippen LogP contribution < -0.4 is 5.32 Å². The zero-order valence-electron chi connectivity index (χ0n) is 18.6. The van der Waals surface area contributed by atoms with Crippen LogP contribution in [0.2, 0.25) is 0 Å². The SMILES string of the molecule is CCCCC(=O)N(CC)CC(=O)Nc1cc(C(C)(C)C)nn1-c1ccc(C)cc1. The van der Waals surface area contributed by atoms with Crippen molar-refractivity contribution in [1.82, 2.24) is 14.7 Å². The van der Waals surface area contributed by atoms with Crippen LogP contribution in [0, 0.1) is 6.92 Å². The van der Waals surface area contributed by atoms with Gasteiger partial charge < -0.3 is 10.2 Å². The van der Waals surface area contributed by atoms with Gasteiger partial charge in [0.2, 0.25) is 11.8 Å². The Morgan fingerprint density at radius 1 is 1.14 bits per heavy atom. The van der Waals surface area contributed by atoms with E-state index in [9.17, 15) is 9.59 Å². The van der Waals surface area contributed by atoms with Crippen molar-refractivity contribution in [3.05, 3.63) is 41.6 Å². The molecule has 1 N–H and O–H groups in total. The smallest absolute Gasteiger partial charge is 0.245 e. The van der Waals surface area contributed by atoms with Gasteiger partial charge in [0.15, 0.2) is 0 Å². The summed E-state index contributed by atoms with van der Waals surface area (Å²) in [6.07, 6.45) is 2.28. The molecule has 1 aromatic heterocycles. The largest absolute Gasteiger partial charge is 0.334 e. The summed E-state index contributed by atoms with van der Waals surface area (Å²) in [5, 5.41) is 7.69. The summed E-state index contributed by atoms with van der Waals surface area (Å²) in [6, 6.07) is 9.91. The molecule has 2 aromatic rings. The molecule has 1 heterocycles. The fourth-order valence-electron chi connectivity index (χ4n) is 2.94. The number of aryl methyl sites for hydroxylation is 1. The fraction of sp³-hybridized carbons (Fsp3) is 0.522. The number of benzene rings is 1. The Morgan fingerprint density at radius 2 is 1.79 bits per heavy atom. The van der Waals surface area contributed by atoms with Crippen LogP contribution in [0.5, 0.6) is 0 Å². The molecule has 0 radical (unpaired) electrons. The number of amides is 2. The Labute approximate surface area is 174 Å². The lowest BCUT2D eigenvalue weighted by molar-refractivity contribution is -0.134. The highest BCUT2D eigenvalue weighted by molar-refractivity contribution is 5.94. The maximum atomic E-state index is 12.7. The van der Waals surface area contributed by atoms with Crippen LogP contribution in [-0.4, -0.2) is 39.6 Å². The second kappa shape index (κ2) is 9.72. The van der Waals surface area contributed by atoms with Crippen LogP contribution in [-0.2, 0) is 15.0 Å². The van der Waals surface area contributed by atoms with Gasteiger partial charge in [0.1, 0.15) is 5.82 Å². The third-order valence-corrected chi connectivity index (χ3v) is 4.84. The highest BCUT2D eigenvalue weighted by Crippen LogP contribution is 2.26. The van der Waals surface area contributed by atoms with Crippen molar-refractivity contribution in [3.63, 3.8) is 0 Å². The maximum absolute atomic E-state index is 12.7. The van der Waals surface area contributed by atoms with Crippen molar-refractivity contribution < 1.29 is 9.59 Å². The van der Waals surface area contributed by atoms with Crippen LogP contribution in [0.15, 0.2) is 30.3 Å². The van der Waals surface area contributed by atoms with E-state index in [0.717, 1.165) is 29.8 Å². The van der Waals surface area contributed by atoms with Crippen LogP contribution in [0.1, 0.15) is 65.1 Å². The third kappa shape index (κ3) is 6.17. The number of nitrogens with zero attached hydrogens (tertiary/aromatic N) is 3. The lowest BCUT2D eigenvalue weighted by Crippen LogP contribution is -2.38. The number of anilines is 1. The Balaban J connectivity index is 2.24. The predicted molar refractivity (Wildman–Crippen MR) is 117 cm³/mol. The molecule has 0 saturated heterocycles. The standard InChI is InChI=1S/C23H34N4O2/c1-7-9-10-22(29)26(8-2)16-21(28)24-20-15-19(23(4,5)6)25-27(20)18-13-11-17(3)12-14-18/h11-15H,7-10,16H2,1-6H3,(H,24,28). The molecular formula is C23H34N4O2. The first kappa shape index (κ1) is 22.7. The summed E-state index contributed by atoms with van der Waals surface area (Å²) >= 11 is 0. The third-order valence-electron chi connectivity index (χ3n) is 4.84. The summed E-state index contributed by atoms with van der Waals surface area (Å²) in [4.78, 5) is 26.6. The summed E-state index contributed by atoms with van der Waals surface area (Å²) in [7, 11) is 0. The fourth-order valence-corrected chi connectivity index (χ4v) is 2.94. The Morgan fingerprint density at radius 3 is 2.34 bits per heavy atom. The second-order valence-corrected chi connectivity index (χ2v) is 8.47. The van der Waals surface area contributed by atoms with Crippen molar-refractivity contribution in [2.45, 2.75) is 66.2 Å². The topological polar surface area (TPSA) is 67.2 Å². The van der Waals surface area contributed by atoms with Gasteiger partial charge in [-0.05, 0) is 32.4 Å². The van der Waals surface area contributed by atoms with Gasteiger partial charge in [-0.3, -0.25) is 9.59 Å². The molecule has 29 heavy (non-hydrogen) atoms. The van der Waals surface area contributed by atoms with Gasteiger partial charge in [-0.1, -0.05) is 51.8 Å². The number of carbonyl (C=O) groups excluding carboxylic acids is 2. The molecule has 0 unspecified atom stereocenters. The van der Waals surface area contributed by atoms with Gasteiger partial charge in [0.05, 0.1) is 17.9 Å². The van der Waals surface area contributed by atoms with Gasteiger partial charge >= 0.3 is 0 Å². The van der Waals surface area contributed by atoms with E-state index in [1.807, 2.05) is 44.2 Å². The first-order valence-corrected chi connectivity index (χ1v) is 10.4. The van der Waals surface area contributed by atoms with E-state index < -0.39 is 0 Å². The maximum Gasteiger partial charge on any atom is 0.245 e. The lowest BCUT2D eigenvalue weighted by Gasteiger charge is -2.20. The minimum absolute atomic E-state index is 0.0203. The molecule has 0 aliphatic rings. The molecule has 0 bridgehead atoms. The molecular weight excluding hydrogens is 364 g/mol. The van der Waals surface area contributed by atoms with Crippen molar-refractivity contribution in [3.8, 4) is 5.69 Å². The summed E-state index contributed by atoms with van der Waals surface area (Å²) < 4.78 is 1.76. The van der Waals surface area contributed by atoms with Crippen LogP contribution in [0.4, 0.5) is 5.82 Å². The second-order valence-electron chi connectivity index (χ2n) is 8.47. The summed E-state index contributed by atoms with van der Waals surface area (Å²) in [5.41, 5.74) is 2.78. The Hall–Kier alpha value is -2.63. The molecule has 0 spiro atoms. The van der Waals surface area contributed by atoms with E-state index in [-0.39, 0.29) is 23.8 Å². The van der Waals surface area contributed by atoms with Gasteiger partial charge in [0.25, 0.3) is 0 Å². The summed E-state index contributed by atoms with van der Waals surface area (Å²) in [6.45, 7) is 12.8. The monoisotopic (exact) mass is 398 g/mol. The Kier molecular flexibility index (Phi) is 7.59. The zero-order valence-corrected chi connectivity index (χ0v) is 18.6. The highest BCUT2D eigenvalue weighted by Gasteiger charge is 2.22. The minimum Gasteiger partial charge on any atom is -0.334 e. The highest BCUT2D eigenvalue weighted by atomic mass is 16.2. The average Bonchev–Trinajstić information content (AvgIpc) is 3.08. The molecule has 0 atom stereocenters. The van der Waals surface area contributed by atoms with Crippen molar-refractivity contribution >= 4 is 17.6 Å². The molecule has 1 aromatic carbocycles. The number of carbonyl (C=O) groups is 2. The lowest BCUT2D eigenvalue weighted by atomic mass is 9.92. The first-order chi connectivity index (χ1) is 13.7. The number of likely N-dealkylation sites (N-methyl/N-ethyl adjacent to an activating group) is 1. The quantitative estimate of drug-likeness (QED) is 0.714. The first-order valence-electron chi connectivity index (χ1n) is 10.4. The zero-order chi connectivity index (χ0) is 21.6. The van der Waals surface area contributed by atoms with Gasteiger partial charge in [0, 0.05) is 24.4 Å². The number of hydrogen-bond acceptors (Lipinski definition) is 3. The van der Waals surface area contributed by atoms with Gasteiger partial charge in [-0.2, -0.15) is 5.10 Å². The number of nitrogens with one attached hydrogen (secondary N) is 1. The molecule has 2 rings (SSSR count). The minimum atomic E-state index is -0.217. The number of aromatic nitrogens is 2. The van der Waals surface area contributed by atoms with E-state index >= 15 is 0 Å². The molecule has 6 heteroatoms. The van der Waals surface area contributed by atoms with Crippen molar-refractivity contribution in [1.29, 1.82) is 0 Å². The number of unbranched alkanes of at least 4 members (excludes halogenated alkanes) is 1. The van der Waals surface area contributed by atoms with Crippen LogP contribution in [0.3, 0.4) is 0 Å². The van der Waals surface area contributed by atoms with E-state index in [1.54, 1.807) is 9.58 Å². The molecule has 0 aliphatic heterocycles. The predicted octanol–water partition coefficient (Wildman–Crippen LogP) is 4.46. The van der Waals surface area contributed by atoms with Gasteiger partial charge in [-0.15, -0.1) is 0 Å². The normalized spacial score (nSPS) is 11.4. The van der Waals surface area contributed by atoms with E-state index in [4.69, 9.17) is 5.10 Å². The number of hydrogen-bond donors (Lipinski definition) is 1. The van der Waals surface area contributed by atoms with Gasteiger partial charge in [-0.25, -0.2) is 4.68 Å². The summed E-state index contributed by atoms with van der Waals surface area (Å²) in [5.74, 6) is 0.415. The average molecular weight is 399 g/mol. The molecule has 2 amide bonds. The van der Waals surface area contributed by atoms with Crippen LogP contribution in [0.25, 0.3) is 5.69 Å². The van der Waals surface area contributed by atoms with Crippen LogP contribution >= 0.6 is 0 Å². The van der Waals surface area contributed by atoms with E-state index in [2.05, 4.69) is 33.0 Å². The molecule has 0 aliphatic carbocycles. The number of rotatable bonds is 8. The van der Waals surface area contributed by atoms with E-state index in [1.165, 1.54) is 0 Å². The molecule has 6 nitrogen and oxygen atoms in total.